The number of hydrogen-bond acceptors (Lipinski definition) is 3. The Morgan fingerprint density at radius 3 is 1.43 bits per heavy atom. The van der Waals surface area contributed by atoms with E-state index in [-0.39, 0.29) is 12.7 Å². The normalized spacial score (nSPS) is 13.2. The molecule has 0 amide bonds. The molecule has 0 fully saturated rings. The number of aliphatic hydroxyl groups is 1. The fraction of sp³-hybridized carbons (Fsp3) is 0.784. The van der Waals surface area contributed by atoms with Gasteiger partial charge < -0.3 is 14.6 Å². The lowest BCUT2D eigenvalue weighted by Gasteiger charge is -2.15. The third-order valence-electron chi connectivity index (χ3n) is 7.18. The van der Waals surface area contributed by atoms with Gasteiger partial charge in [-0.3, -0.25) is 0 Å². The van der Waals surface area contributed by atoms with Crippen LogP contribution in [0.1, 0.15) is 155 Å². The number of aliphatic hydroxyl groups excluding tert-OH is 1. The Hall–Kier alpha value is -1.16. The topological polar surface area (TPSA) is 38.7 Å². The van der Waals surface area contributed by atoms with Crippen LogP contribution in [0.25, 0.3) is 0 Å². The summed E-state index contributed by atoms with van der Waals surface area (Å²) in [6.45, 7) is 6.54. The first kappa shape index (κ1) is 38.8. The van der Waals surface area contributed by atoms with Gasteiger partial charge in [0.05, 0.1) is 13.2 Å². The summed E-state index contributed by atoms with van der Waals surface area (Å²) in [5.74, 6) is 0. The number of hydrogen-bond donors (Lipinski definition) is 1. The van der Waals surface area contributed by atoms with Crippen LogP contribution in [0.2, 0.25) is 0 Å². The van der Waals surface area contributed by atoms with Crippen molar-refractivity contribution < 1.29 is 14.6 Å². The van der Waals surface area contributed by atoms with Gasteiger partial charge in [0.2, 0.25) is 0 Å². The maximum atomic E-state index is 9.56. The van der Waals surface area contributed by atoms with Crippen molar-refractivity contribution in [3.05, 3.63) is 48.6 Å². The van der Waals surface area contributed by atoms with Crippen LogP contribution in [0.3, 0.4) is 0 Å². The molecule has 0 aromatic heterocycles. The molecule has 0 aromatic rings. The van der Waals surface area contributed by atoms with Crippen LogP contribution in [-0.2, 0) is 9.47 Å². The molecule has 234 valence electrons. The van der Waals surface area contributed by atoms with Crippen LogP contribution in [0.5, 0.6) is 0 Å². The lowest BCUT2D eigenvalue weighted by molar-refractivity contribution is -0.0437. The molecule has 0 heterocycles. The molecule has 0 radical (unpaired) electrons. The SMILES string of the molecule is CCC/C=C\C/C=C\CCCCCCCCOCC(CO)OCCCCCCCC/C=C\C/C=C\CCCCC. The van der Waals surface area contributed by atoms with Crippen molar-refractivity contribution in [1.29, 1.82) is 0 Å². The van der Waals surface area contributed by atoms with E-state index in [1.165, 1.54) is 116 Å². The number of rotatable bonds is 32. The molecule has 3 heteroatoms. The van der Waals surface area contributed by atoms with Crippen molar-refractivity contribution in [2.24, 2.45) is 0 Å². The highest BCUT2D eigenvalue weighted by atomic mass is 16.5. The van der Waals surface area contributed by atoms with Crippen LogP contribution < -0.4 is 0 Å². The maximum Gasteiger partial charge on any atom is 0.104 e. The Morgan fingerprint density at radius 2 is 0.925 bits per heavy atom. The second-order valence-electron chi connectivity index (χ2n) is 11.2. The van der Waals surface area contributed by atoms with E-state index in [1.807, 2.05) is 0 Å². The molecule has 0 aliphatic rings. The highest BCUT2D eigenvalue weighted by molar-refractivity contribution is 4.93. The zero-order valence-corrected chi connectivity index (χ0v) is 26.8. The van der Waals surface area contributed by atoms with Gasteiger partial charge in [-0.05, 0) is 70.6 Å². The van der Waals surface area contributed by atoms with Gasteiger partial charge in [0, 0.05) is 13.2 Å². The zero-order valence-electron chi connectivity index (χ0n) is 26.8. The van der Waals surface area contributed by atoms with Gasteiger partial charge in [0.1, 0.15) is 6.10 Å². The summed E-state index contributed by atoms with van der Waals surface area (Å²) in [5, 5.41) is 9.56. The van der Waals surface area contributed by atoms with Gasteiger partial charge in [0.25, 0.3) is 0 Å². The van der Waals surface area contributed by atoms with Crippen molar-refractivity contribution >= 4 is 0 Å². The molecule has 0 aromatic carbocycles. The first-order valence-electron chi connectivity index (χ1n) is 17.2. The largest absolute Gasteiger partial charge is 0.394 e. The van der Waals surface area contributed by atoms with Crippen molar-refractivity contribution in [1.82, 2.24) is 0 Å². The molecular formula is C37H68O3. The summed E-state index contributed by atoms with van der Waals surface area (Å²) in [5.41, 5.74) is 0. The predicted molar refractivity (Wildman–Crippen MR) is 177 cm³/mol. The molecule has 0 saturated carbocycles. The molecule has 1 unspecified atom stereocenters. The van der Waals surface area contributed by atoms with Gasteiger partial charge in [-0.25, -0.2) is 0 Å². The van der Waals surface area contributed by atoms with Crippen LogP contribution in [0.15, 0.2) is 48.6 Å². The van der Waals surface area contributed by atoms with Crippen molar-refractivity contribution in [3.63, 3.8) is 0 Å². The molecule has 0 aliphatic carbocycles. The maximum absolute atomic E-state index is 9.56. The van der Waals surface area contributed by atoms with E-state index in [4.69, 9.17) is 9.47 Å². The summed E-state index contributed by atoms with van der Waals surface area (Å²) < 4.78 is 11.6. The molecule has 0 bridgehead atoms. The molecule has 1 atom stereocenters. The number of allylic oxidation sites excluding steroid dienone is 8. The van der Waals surface area contributed by atoms with Crippen molar-refractivity contribution in [3.8, 4) is 0 Å². The quantitative estimate of drug-likeness (QED) is 0.0657. The molecular weight excluding hydrogens is 492 g/mol. The van der Waals surface area contributed by atoms with E-state index in [0.717, 1.165) is 38.9 Å². The number of unbranched alkanes of at least 4 members (excludes halogenated alkanes) is 16. The third kappa shape index (κ3) is 33.0. The fourth-order valence-electron chi connectivity index (χ4n) is 4.56. The lowest BCUT2D eigenvalue weighted by Crippen LogP contribution is -2.24. The molecule has 0 aliphatic heterocycles. The Labute approximate surface area is 250 Å². The minimum absolute atomic E-state index is 0.0473. The molecule has 0 spiro atoms. The fourth-order valence-corrected chi connectivity index (χ4v) is 4.56. The molecule has 0 rings (SSSR count). The van der Waals surface area contributed by atoms with Crippen LogP contribution in [-0.4, -0.2) is 37.6 Å². The van der Waals surface area contributed by atoms with E-state index >= 15 is 0 Å². The predicted octanol–water partition coefficient (Wildman–Crippen LogP) is 11.2. The monoisotopic (exact) mass is 561 g/mol. The highest BCUT2D eigenvalue weighted by Crippen LogP contribution is 2.10. The summed E-state index contributed by atoms with van der Waals surface area (Å²) in [7, 11) is 0. The standard InChI is InChI=1S/C37H68O3/c1-3-5-7-9-11-13-15-17-19-20-22-24-26-28-30-32-34-40-37(35-38)36-39-33-31-29-27-25-23-21-18-16-14-12-10-8-6-4-2/h8,10-11,13-14,16-17,19,37-38H,3-7,9,12,15,18,20-36H2,1-2H3/b10-8-,13-11-,16-14-,19-17-. The van der Waals surface area contributed by atoms with Gasteiger partial charge in [-0.15, -0.1) is 0 Å². The molecule has 40 heavy (non-hydrogen) atoms. The highest BCUT2D eigenvalue weighted by Gasteiger charge is 2.07. The van der Waals surface area contributed by atoms with E-state index < -0.39 is 0 Å². The average Bonchev–Trinajstić information content (AvgIpc) is 2.97. The Morgan fingerprint density at radius 1 is 0.475 bits per heavy atom. The van der Waals surface area contributed by atoms with Crippen LogP contribution in [0.4, 0.5) is 0 Å². The van der Waals surface area contributed by atoms with Gasteiger partial charge in [-0.2, -0.15) is 0 Å². The molecule has 1 N–H and O–H groups in total. The summed E-state index contributed by atoms with van der Waals surface area (Å²) in [4.78, 5) is 0. The number of ether oxygens (including phenoxy) is 2. The Bertz CT molecular complexity index is 578. The second-order valence-corrected chi connectivity index (χ2v) is 11.2. The summed E-state index contributed by atoms with van der Waals surface area (Å²) in [6, 6.07) is 0. The van der Waals surface area contributed by atoms with E-state index in [1.54, 1.807) is 0 Å². The van der Waals surface area contributed by atoms with Crippen molar-refractivity contribution in [2.75, 3.05) is 26.4 Å². The minimum atomic E-state index is -0.173. The van der Waals surface area contributed by atoms with Crippen LogP contribution in [0, 0.1) is 0 Å². The molecule has 0 saturated heterocycles. The smallest absolute Gasteiger partial charge is 0.104 e. The lowest BCUT2D eigenvalue weighted by atomic mass is 10.1. The van der Waals surface area contributed by atoms with Gasteiger partial charge in [-0.1, -0.05) is 133 Å². The Kier molecular flexibility index (Phi) is 34.8. The Balaban J connectivity index is 3.37. The van der Waals surface area contributed by atoms with E-state index in [2.05, 4.69) is 62.5 Å². The van der Waals surface area contributed by atoms with Crippen molar-refractivity contribution in [2.45, 2.75) is 161 Å². The van der Waals surface area contributed by atoms with Gasteiger partial charge >= 0.3 is 0 Å². The zero-order chi connectivity index (χ0) is 29.0. The first-order valence-corrected chi connectivity index (χ1v) is 17.2. The summed E-state index contributed by atoms with van der Waals surface area (Å²) >= 11 is 0. The summed E-state index contributed by atoms with van der Waals surface area (Å²) in [6.07, 6.45) is 45.6. The minimum Gasteiger partial charge on any atom is -0.394 e. The van der Waals surface area contributed by atoms with Gasteiger partial charge in [0.15, 0.2) is 0 Å². The third-order valence-corrected chi connectivity index (χ3v) is 7.18. The van der Waals surface area contributed by atoms with E-state index in [0.29, 0.717) is 6.61 Å². The second kappa shape index (κ2) is 35.9. The first-order chi connectivity index (χ1) is 19.8. The average molecular weight is 561 g/mol. The van der Waals surface area contributed by atoms with Crippen LogP contribution >= 0.6 is 0 Å². The molecule has 3 nitrogen and oxygen atoms in total. The van der Waals surface area contributed by atoms with E-state index in [9.17, 15) is 5.11 Å².